The fourth-order valence-corrected chi connectivity index (χ4v) is 7.40. The lowest BCUT2D eigenvalue weighted by molar-refractivity contribution is 0.200. The maximum Gasteiger partial charge on any atom is 0.123 e. The smallest absolute Gasteiger partial charge is 0.123 e. The van der Waals surface area contributed by atoms with Gasteiger partial charge in [-0.05, 0) is 59.3 Å². The van der Waals surface area contributed by atoms with Crippen molar-refractivity contribution in [3.05, 3.63) is 130 Å². The van der Waals surface area contributed by atoms with Gasteiger partial charge in [0.1, 0.15) is 5.75 Å². The largest absolute Gasteiger partial charge is 0.507 e. The van der Waals surface area contributed by atoms with E-state index in [0.29, 0.717) is 20.8 Å². The molecule has 0 amide bonds. The maximum atomic E-state index is 11.8. The average Bonchev–Trinajstić information content (AvgIpc) is 2.91. The van der Waals surface area contributed by atoms with E-state index in [0.717, 1.165) is 42.4 Å². The van der Waals surface area contributed by atoms with E-state index in [1.165, 1.54) is 22.0 Å². The zero-order valence-corrected chi connectivity index (χ0v) is 23.2. The number of rotatable bonds is 11. The molecule has 0 aromatic heterocycles. The third-order valence-corrected chi connectivity index (χ3v) is 9.39. The van der Waals surface area contributed by atoms with Gasteiger partial charge in [0.2, 0.25) is 0 Å². The average molecular weight is 511 g/mol. The van der Waals surface area contributed by atoms with Crippen molar-refractivity contribution in [1.82, 2.24) is 0 Å². The Morgan fingerprint density at radius 2 is 1.35 bits per heavy atom. The number of benzene rings is 4. The first-order valence-corrected chi connectivity index (χ1v) is 14.4. The van der Waals surface area contributed by atoms with Gasteiger partial charge < -0.3 is 10.2 Å². The minimum Gasteiger partial charge on any atom is -0.507 e. The van der Waals surface area contributed by atoms with E-state index in [-0.39, 0.29) is 5.16 Å². The van der Waals surface area contributed by atoms with E-state index in [1.807, 2.05) is 25.1 Å². The lowest BCUT2D eigenvalue weighted by Crippen LogP contribution is -2.25. The first kappa shape index (κ1) is 27.1. The highest BCUT2D eigenvalue weighted by atomic mass is 31.1. The molecule has 0 aliphatic carbocycles. The van der Waals surface area contributed by atoms with Crippen molar-refractivity contribution in [2.45, 2.75) is 64.1 Å². The van der Waals surface area contributed by atoms with E-state index < -0.39 is 6.10 Å². The SMILES string of the molecule is CCCC(CC)(Pc1ccccc1C(C)O)c1cc(Cc2ccccc2)cc(Cc2ccccc2)c1O. The molecule has 2 nitrogen and oxygen atoms in total. The molecule has 0 aliphatic rings. The van der Waals surface area contributed by atoms with E-state index in [1.54, 1.807) is 0 Å². The van der Waals surface area contributed by atoms with Gasteiger partial charge in [0, 0.05) is 17.1 Å². The second-order valence-corrected chi connectivity index (χ2v) is 11.8. The molecule has 3 unspecified atom stereocenters. The lowest BCUT2D eigenvalue weighted by Gasteiger charge is -2.36. The van der Waals surface area contributed by atoms with E-state index in [2.05, 4.69) is 92.7 Å². The summed E-state index contributed by atoms with van der Waals surface area (Å²) in [5.74, 6) is 0.429. The van der Waals surface area contributed by atoms with Gasteiger partial charge in [-0.25, -0.2) is 0 Å². The normalized spacial score (nSPS) is 14.1. The molecular weight excluding hydrogens is 471 g/mol. The third-order valence-electron chi connectivity index (χ3n) is 7.32. The molecule has 0 aliphatic heterocycles. The van der Waals surface area contributed by atoms with Crippen molar-refractivity contribution in [3.8, 4) is 5.75 Å². The van der Waals surface area contributed by atoms with Gasteiger partial charge in [-0.1, -0.05) is 126 Å². The standard InChI is InChI=1S/C34H39O2P/c1-4-20-34(5-2,37-32-19-13-12-18-30(32)25(3)35)31-24-28(21-26-14-8-6-9-15-26)23-29(33(31)36)22-27-16-10-7-11-17-27/h6-19,23-25,35-37H,4-5,20-22H2,1-3H3. The summed E-state index contributed by atoms with van der Waals surface area (Å²) in [4.78, 5) is 0. The zero-order valence-electron chi connectivity index (χ0n) is 22.2. The molecule has 37 heavy (non-hydrogen) atoms. The van der Waals surface area contributed by atoms with Crippen molar-refractivity contribution in [2.24, 2.45) is 0 Å². The van der Waals surface area contributed by atoms with Crippen LogP contribution in [0.25, 0.3) is 0 Å². The molecule has 0 radical (unpaired) electrons. The first-order chi connectivity index (χ1) is 18.0. The summed E-state index contributed by atoms with van der Waals surface area (Å²) in [6.07, 6.45) is 3.92. The van der Waals surface area contributed by atoms with Gasteiger partial charge in [-0.2, -0.15) is 0 Å². The van der Waals surface area contributed by atoms with Gasteiger partial charge in [0.15, 0.2) is 0 Å². The van der Waals surface area contributed by atoms with Crippen molar-refractivity contribution >= 4 is 13.9 Å². The van der Waals surface area contributed by atoms with Crippen molar-refractivity contribution in [1.29, 1.82) is 0 Å². The van der Waals surface area contributed by atoms with Crippen LogP contribution in [0.15, 0.2) is 97.1 Å². The molecule has 4 rings (SSSR count). The number of phenolic OH excluding ortho intramolecular Hbond substituents is 1. The van der Waals surface area contributed by atoms with E-state index in [9.17, 15) is 10.2 Å². The molecule has 3 atom stereocenters. The lowest BCUT2D eigenvalue weighted by atomic mass is 9.85. The fraction of sp³-hybridized carbons (Fsp3) is 0.294. The molecule has 192 valence electrons. The highest BCUT2D eigenvalue weighted by molar-refractivity contribution is 7.48. The molecule has 2 N–H and O–H groups in total. The van der Waals surface area contributed by atoms with Crippen LogP contribution in [0.2, 0.25) is 0 Å². The van der Waals surface area contributed by atoms with Gasteiger partial charge in [0.05, 0.1) is 6.10 Å². The Balaban J connectivity index is 1.86. The Labute approximate surface area is 224 Å². The molecular formula is C34H39O2P. The summed E-state index contributed by atoms with van der Waals surface area (Å²) in [7, 11) is 0.447. The van der Waals surface area contributed by atoms with Crippen LogP contribution in [-0.2, 0) is 18.0 Å². The van der Waals surface area contributed by atoms with Gasteiger partial charge in [-0.15, -0.1) is 0 Å². The minimum absolute atomic E-state index is 0.206. The Bertz CT molecular complexity index is 1280. The summed E-state index contributed by atoms with van der Waals surface area (Å²) in [5.41, 5.74) is 6.71. The number of phenols is 1. The van der Waals surface area contributed by atoms with Crippen LogP contribution in [0.4, 0.5) is 0 Å². The highest BCUT2D eigenvalue weighted by Gasteiger charge is 2.34. The van der Waals surface area contributed by atoms with Gasteiger partial charge in [0.25, 0.3) is 0 Å². The van der Waals surface area contributed by atoms with Crippen LogP contribution in [-0.4, -0.2) is 10.2 Å². The fourth-order valence-electron chi connectivity index (χ4n) is 5.39. The first-order valence-electron chi connectivity index (χ1n) is 13.4. The Morgan fingerprint density at radius 1 is 0.757 bits per heavy atom. The second-order valence-electron chi connectivity index (χ2n) is 10.0. The Hall–Kier alpha value is -2.93. The van der Waals surface area contributed by atoms with Crippen molar-refractivity contribution in [3.63, 3.8) is 0 Å². The molecule has 4 aromatic carbocycles. The molecule has 4 aromatic rings. The molecule has 0 heterocycles. The molecule has 0 saturated carbocycles. The van der Waals surface area contributed by atoms with Crippen LogP contribution >= 0.6 is 8.58 Å². The summed E-state index contributed by atoms with van der Waals surface area (Å²) >= 11 is 0. The van der Waals surface area contributed by atoms with Crippen LogP contribution in [0.5, 0.6) is 5.75 Å². The highest BCUT2D eigenvalue weighted by Crippen LogP contribution is 2.52. The second kappa shape index (κ2) is 12.5. The molecule has 3 heteroatoms. The van der Waals surface area contributed by atoms with Gasteiger partial charge >= 0.3 is 0 Å². The Morgan fingerprint density at radius 3 is 1.95 bits per heavy atom. The zero-order chi connectivity index (χ0) is 26.3. The summed E-state index contributed by atoms with van der Waals surface area (Å²) in [6.45, 7) is 6.31. The number of hydrogen-bond donors (Lipinski definition) is 2. The topological polar surface area (TPSA) is 40.5 Å². The summed E-state index contributed by atoms with van der Waals surface area (Å²) in [5, 5.41) is 23.3. The molecule has 0 saturated heterocycles. The molecule has 0 bridgehead atoms. The monoisotopic (exact) mass is 510 g/mol. The van der Waals surface area contributed by atoms with E-state index in [4.69, 9.17) is 0 Å². The van der Waals surface area contributed by atoms with Crippen LogP contribution in [0.1, 0.15) is 79.5 Å². The predicted octanol–water partition coefficient (Wildman–Crippen LogP) is 8.04. The minimum atomic E-state index is -0.522. The van der Waals surface area contributed by atoms with Crippen LogP contribution in [0.3, 0.4) is 0 Å². The third kappa shape index (κ3) is 6.50. The Kier molecular flexibility index (Phi) is 9.19. The number of hydrogen-bond acceptors (Lipinski definition) is 2. The predicted molar refractivity (Wildman–Crippen MR) is 159 cm³/mol. The summed E-state index contributed by atoms with van der Waals surface area (Å²) < 4.78 is 0. The van der Waals surface area contributed by atoms with Crippen molar-refractivity contribution in [2.75, 3.05) is 0 Å². The number of aliphatic hydroxyl groups excluding tert-OH is 1. The van der Waals surface area contributed by atoms with Crippen molar-refractivity contribution < 1.29 is 10.2 Å². The molecule has 0 fully saturated rings. The number of aliphatic hydroxyl groups is 1. The van der Waals surface area contributed by atoms with Crippen LogP contribution in [0, 0.1) is 0 Å². The number of aromatic hydroxyl groups is 1. The maximum absolute atomic E-state index is 11.8. The quantitative estimate of drug-likeness (QED) is 0.201. The van der Waals surface area contributed by atoms with Gasteiger partial charge in [-0.3, -0.25) is 0 Å². The van der Waals surface area contributed by atoms with E-state index >= 15 is 0 Å². The van der Waals surface area contributed by atoms with Crippen LogP contribution < -0.4 is 5.30 Å². The molecule has 0 spiro atoms. The summed E-state index contributed by atoms with van der Waals surface area (Å²) in [6, 6.07) is 33.7.